The number of methoxy groups -OCH3 is 1. The minimum atomic E-state index is -0.528. The van der Waals surface area contributed by atoms with Crippen molar-refractivity contribution in [1.82, 2.24) is 9.55 Å². The van der Waals surface area contributed by atoms with Gasteiger partial charge in [-0.2, -0.15) is 4.98 Å². The van der Waals surface area contributed by atoms with Crippen molar-refractivity contribution in [1.29, 1.82) is 0 Å². The second-order valence-electron chi connectivity index (χ2n) is 7.72. The van der Waals surface area contributed by atoms with Crippen LogP contribution in [0.1, 0.15) is 29.0 Å². The molecule has 0 radical (unpaired) electrons. The summed E-state index contributed by atoms with van der Waals surface area (Å²) in [6, 6.07) is 12.9. The molecule has 1 aromatic heterocycles. The van der Waals surface area contributed by atoms with Gasteiger partial charge in [0.15, 0.2) is 16.7 Å². The molecule has 0 saturated carbocycles. The van der Waals surface area contributed by atoms with E-state index in [0.717, 1.165) is 5.56 Å². The molecule has 9 heteroatoms. The Morgan fingerprint density at radius 2 is 2.03 bits per heavy atom. The van der Waals surface area contributed by atoms with Crippen LogP contribution in [-0.2, 0) is 17.6 Å². The number of rotatable bonds is 8. The van der Waals surface area contributed by atoms with Gasteiger partial charge in [-0.1, -0.05) is 60.3 Å². The number of para-hydroxylation sites is 1. The maximum absolute atomic E-state index is 13.3. The summed E-state index contributed by atoms with van der Waals surface area (Å²) in [6.45, 7) is 3.96. The van der Waals surface area contributed by atoms with Gasteiger partial charge >= 0.3 is 0 Å². The van der Waals surface area contributed by atoms with Crippen molar-refractivity contribution in [2.45, 2.75) is 23.2 Å². The van der Waals surface area contributed by atoms with Crippen LogP contribution in [0.2, 0.25) is 5.02 Å². The van der Waals surface area contributed by atoms with Gasteiger partial charge in [-0.3, -0.25) is 9.59 Å². The molecule has 1 amide bonds. The average Bonchev–Trinajstić information content (AvgIpc) is 2.84. The number of benzene rings is 2. The maximum Gasteiger partial charge on any atom is 0.279 e. The number of carbonyl (C=O) groups is 1. The summed E-state index contributed by atoms with van der Waals surface area (Å²) in [7, 11) is 3.34. The number of nitrogens with one attached hydrogen (secondary N) is 1. The van der Waals surface area contributed by atoms with E-state index in [1.54, 1.807) is 30.9 Å². The number of hydrogen-bond acceptors (Lipinski definition) is 6. The van der Waals surface area contributed by atoms with E-state index in [1.165, 1.54) is 11.8 Å². The zero-order valence-corrected chi connectivity index (χ0v) is 20.4. The minimum Gasteiger partial charge on any atom is -0.493 e. The Morgan fingerprint density at radius 3 is 2.74 bits per heavy atom. The fraction of sp³-hybridized carbons (Fsp3) is 0.240. The van der Waals surface area contributed by atoms with Crippen LogP contribution in [0.5, 0.6) is 11.5 Å². The van der Waals surface area contributed by atoms with Gasteiger partial charge in [0.05, 0.1) is 12.7 Å². The van der Waals surface area contributed by atoms with Crippen molar-refractivity contribution >= 4 is 35.1 Å². The molecule has 34 heavy (non-hydrogen) atoms. The zero-order chi connectivity index (χ0) is 24.2. The van der Waals surface area contributed by atoms with Gasteiger partial charge in [-0.25, -0.2) is 0 Å². The lowest BCUT2D eigenvalue weighted by Crippen LogP contribution is -2.33. The van der Waals surface area contributed by atoms with Gasteiger partial charge in [0.25, 0.3) is 5.56 Å². The Labute approximate surface area is 206 Å². The summed E-state index contributed by atoms with van der Waals surface area (Å²) in [4.78, 5) is 30.3. The average molecular weight is 498 g/mol. The van der Waals surface area contributed by atoms with Crippen LogP contribution in [0.3, 0.4) is 0 Å². The van der Waals surface area contributed by atoms with Crippen molar-refractivity contribution < 1.29 is 14.3 Å². The number of aromatic nitrogens is 2. The maximum atomic E-state index is 13.3. The molecule has 2 heterocycles. The number of halogens is 1. The van der Waals surface area contributed by atoms with E-state index in [4.69, 9.17) is 21.1 Å². The monoisotopic (exact) mass is 497 g/mol. The molecule has 0 spiro atoms. The number of nitrogens with zero attached hydrogens (tertiary/aromatic N) is 2. The fourth-order valence-corrected chi connectivity index (χ4v) is 4.97. The smallest absolute Gasteiger partial charge is 0.279 e. The number of thioether (sulfide) groups is 1. The van der Waals surface area contributed by atoms with Gasteiger partial charge in [0.2, 0.25) is 5.91 Å². The fourth-order valence-electron chi connectivity index (χ4n) is 3.92. The summed E-state index contributed by atoms with van der Waals surface area (Å²) in [5, 5.41) is 4.04. The Morgan fingerprint density at radius 1 is 1.26 bits per heavy atom. The predicted molar refractivity (Wildman–Crippen MR) is 134 cm³/mol. The standard InChI is InChI=1S/C25H24ClN3O4S/c1-4-12-33-22-17(6-5-7-19(22)32-3)18-13-20(30)27-23-21(18)24(31)28-25(29(23)2)34-14-15-8-10-16(26)11-9-15/h4-11,18H,1,12-14H2,2-3H3,(H,27,30)/t18-/m1/s1. The molecule has 0 bridgehead atoms. The van der Waals surface area contributed by atoms with Crippen molar-refractivity contribution in [3.05, 3.63) is 87.2 Å². The SMILES string of the molecule is C=CCOc1c(OC)cccc1[C@H]1CC(=O)Nc2c1c(=O)nc(SCc1ccc(Cl)cc1)n2C. The highest BCUT2D eigenvalue weighted by Gasteiger charge is 2.34. The topological polar surface area (TPSA) is 82.4 Å². The third-order valence-electron chi connectivity index (χ3n) is 5.53. The van der Waals surface area contributed by atoms with E-state index in [2.05, 4.69) is 16.9 Å². The summed E-state index contributed by atoms with van der Waals surface area (Å²) in [6.07, 6.45) is 1.72. The Bertz CT molecular complexity index is 1290. The summed E-state index contributed by atoms with van der Waals surface area (Å²) in [5.74, 6) is 1.33. The molecule has 1 aliphatic heterocycles. The lowest BCUT2D eigenvalue weighted by atomic mass is 9.86. The lowest BCUT2D eigenvalue weighted by molar-refractivity contribution is -0.116. The number of fused-ring (bicyclic) bond motifs is 1. The predicted octanol–water partition coefficient (Wildman–Crippen LogP) is 4.77. The Kier molecular flexibility index (Phi) is 7.29. The number of hydrogen-bond donors (Lipinski definition) is 1. The van der Waals surface area contributed by atoms with Crippen LogP contribution >= 0.6 is 23.4 Å². The summed E-state index contributed by atoms with van der Waals surface area (Å²) in [5.41, 5.74) is 1.78. The number of carbonyl (C=O) groups excluding carboxylic acids is 1. The van der Waals surface area contributed by atoms with E-state index in [0.29, 0.717) is 44.4 Å². The van der Waals surface area contributed by atoms with Gasteiger partial charge in [0, 0.05) is 35.7 Å². The van der Waals surface area contributed by atoms with E-state index < -0.39 is 5.92 Å². The zero-order valence-electron chi connectivity index (χ0n) is 18.8. The molecule has 1 aliphatic rings. The van der Waals surface area contributed by atoms with E-state index in [9.17, 15) is 9.59 Å². The van der Waals surface area contributed by atoms with E-state index in [1.807, 2.05) is 36.4 Å². The Hall–Kier alpha value is -3.23. The second-order valence-corrected chi connectivity index (χ2v) is 9.10. The van der Waals surface area contributed by atoms with Crippen molar-refractivity contribution in [3.8, 4) is 11.5 Å². The van der Waals surface area contributed by atoms with Gasteiger partial charge in [-0.05, 0) is 23.8 Å². The highest BCUT2D eigenvalue weighted by Crippen LogP contribution is 2.43. The first-order valence-electron chi connectivity index (χ1n) is 10.6. The quantitative estimate of drug-likeness (QED) is 0.274. The van der Waals surface area contributed by atoms with E-state index in [-0.39, 0.29) is 24.5 Å². The molecular formula is C25H24ClN3O4S. The molecule has 2 aromatic carbocycles. The van der Waals surface area contributed by atoms with E-state index >= 15 is 0 Å². The van der Waals surface area contributed by atoms with Crippen molar-refractivity contribution in [2.75, 3.05) is 19.0 Å². The molecule has 3 aromatic rings. The highest BCUT2D eigenvalue weighted by atomic mass is 35.5. The van der Waals surface area contributed by atoms with Gasteiger partial charge < -0.3 is 19.4 Å². The first-order chi connectivity index (χ1) is 16.4. The van der Waals surface area contributed by atoms with Crippen LogP contribution in [0.4, 0.5) is 5.82 Å². The van der Waals surface area contributed by atoms with Crippen LogP contribution in [0.15, 0.2) is 65.1 Å². The molecular weight excluding hydrogens is 474 g/mol. The molecule has 176 valence electrons. The first kappa shape index (κ1) is 23.9. The molecule has 0 unspecified atom stereocenters. The second kappa shape index (κ2) is 10.4. The van der Waals surface area contributed by atoms with Crippen LogP contribution in [-0.4, -0.2) is 29.2 Å². The molecule has 0 fully saturated rings. The van der Waals surface area contributed by atoms with Gasteiger partial charge in [-0.15, -0.1) is 0 Å². The van der Waals surface area contributed by atoms with Crippen LogP contribution in [0.25, 0.3) is 0 Å². The number of ether oxygens (including phenoxy) is 2. The first-order valence-corrected chi connectivity index (χ1v) is 12.0. The highest BCUT2D eigenvalue weighted by molar-refractivity contribution is 7.98. The molecule has 4 rings (SSSR count). The van der Waals surface area contributed by atoms with Crippen molar-refractivity contribution in [3.63, 3.8) is 0 Å². The molecule has 0 aliphatic carbocycles. The molecule has 0 saturated heterocycles. The van der Waals surface area contributed by atoms with Crippen LogP contribution in [0, 0.1) is 0 Å². The van der Waals surface area contributed by atoms with Crippen LogP contribution < -0.4 is 20.3 Å². The minimum absolute atomic E-state index is 0.0960. The third kappa shape index (κ3) is 4.83. The lowest BCUT2D eigenvalue weighted by Gasteiger charge is -2.29. The van der Waals surface area contributed by atoms with Crippen molar-refractivity contribution in [2.24, 2.45) is 7.05 Å². The summed E-state index contributed by atoms with van der Waals surface area (Å²) >= 11 is 7.38. The normalized spacial score (nSPS) is 14.8. The molecule has 1 atom stereocenters. The molecule has 1 N–H and O–H groups in total. The number of anilines is 1. The molecule has 7 nitrogen and oxygen atoms in total. The largest absolute Gasteiger partial charge is 0.493 e. The van der Waals surface area contributed by atoms with Gasteiger partial charge in [0.1, 0.15) is 12.4 Å². The third-order valence-corrected chi connectivity index (χ3v) is 6.89. The summed E-state index contributed by atoms with van der Waals surface area (Å²) < 4.78 is 13.1. The number of amides is 1. The Balaban J connectivity index is 1.75.